The molecule has 0 bridgehead atoms. The van der Waals surface area contributed by atoms with Gasteiger partial charge >= 0.3 is 0 Å². The Morgan fingerprint density at radius 2 is 1.71 bits per heavy atom. The molecule has 0 saturated heterocycles. The van der Waals surface area contributed by atoms with Gasteiger partial charge in [-0.25, -0.2) is 21.2 Å². The molecule has 2 N–H and O–H groups in total. The number of sulfone groups is 1. The van der Waals surface area contributed by atoms with E-state index >= 15 is 0 Å². The molecule has 2 aromatic heterocycles. The number of unbranched alkanes of at least 4 members (excludes halogenated alkanes) is 2. The quantitative estimate of drug-likeness (QED) is 0.366. The van der Waals surface area contributed by atoms with Crippen molar-refractivity contribution in [2.75, 3.05) is 29.5 Å². The summed E-state index contributed by atoms with van der Waals surface area (Å²) in [6.45, 7) is 1.83. The lowest BCUT2D eigenvalue weighted by atomic mass is 10.0. The maximum atomic E-state index is 13.4. The van der Waals surface area contributed by atoms with Gasteiger partial charge in [0, 0.05) is 24.6 Å². The summed E-state index contributed by atoms with van der Waals surface area (Å²) in [5.74, 6) is -0.748. The van der Waals surface area contributed by atoms with Crippen molar-refractivity contribution in [1.29, 1.82) is 0 Å². The Bertz CT molecular complexity index is 1430. The van der Waals surface area contributed by atoms with E-state index in [1.54, 1.807) is 6.07 Å². The van der Waals surface area contributed by atoms with E-state index in [0.29, 0.717) is 42.2 Å². The number of carbonyl (C=O) groups is 1. The van der Waals surface area contributed by atoms with Gasteiger partial charge in [0.15, 0.2) is 0 Å². The lowest BCUT2D eigenvalue weighted by Gasteiger charge is -2.11. The van der Waals surface area contributed by atoms with E-state index in [1.165, 1.54) is 31.3 Å². The number of sulfonamides is 1. The van der Waals surface area contributed by atoms with Crippen LogP contribution in [0.4, 0.5) is 10.2 Å². The Labute approximate surface area is 204 Å². The van der Waals surface area contributed by atoms with E-state index in [-0.39, 0.29) is 34.4 Å². The average Bonchev–Trinajstić information content (AvgIpc) is 3.15. The zero-order valence-electron chi connectivity index (χ0n) is 19.7. The molecule has 0 atom stereocenters. The highest BCUT2D eigenvalue weighted by atomic mass is 32.2. The van der Waals surface area contributed by atoms with E-state index in [0.717, 1.165) is 6.26 Å². The molecule has 3 aromatic rings. The third kappa shape index (κ3) is 6.79. The molecule has 0 aliphatic heterocycles. The highest BCUT2D eigenvalue weighted by Crippen LogP contribution is 2.35. The van der Waals surface area contributed by atoms with Crippen LogP contribution >= 0.6 is 0 Å². The molecule has 0 radical (unpaired) electrons. The average molecular weight is 526 g/mol. The molecule has 12 heteroatoms. The van der Waals surface area contributed by atoms with Crippen LogP contribution in [-0.2, 0) is 26.3 Å². The van der Waals surface area contributed by atoms with Crippen LogP contribution in [-0.4, -0.2) is 52.5 Å². The highest BCUT2D eigenvalue weighted by molar-refractivity contribution is 7.92. The standard InChI is InChI=1S/C23H28FN3O6S2/c1-4-15-14-18-19(22(28)25-2)20(16-8-10-17(24)11-9-16)33-23(18)26-21(15)27-35(31,32)13-7-5-6-12-34(3,29)30/h8-11,14H,4-7,12-13H2,1-3H3,(H,25,28)(H,26,27). The fourth-order valence-corrected chi connectivity index (χ4v) is 5.50. The Balaban J connectivity index is 1.93. The van der Waals surface area contributed by atoms with Gasteiger partial charge in [-0.05, 0) is 55.2 Å². The largest absolute Gasteiger partial charge is 0.437 e. The second kappa shape index (κ2) is 10.7. The number of fused-ring (bicyclic) bond motifs is 1. The number of hydrogen-bond acceptors (Lipinski definition) is 7. The lowest BCUT2D eigenvalue weighted by Crippen LogP contribution is -2.19. The van der Waals surface area contributed by atoms with Gasteiger partial charge in [-0.3, -0.25) is 9.52 Å². The number of anilines is 1. The summed E-state index contributed by atoms with van der Waals surface area (Å²) in [4.78, 5) is 17.0. The molecule has 0 aliphatic carbocycles. The number of halogens is 1. The molecule has 1 aromatic carbocycles. The van der Waals surface area contributed by atoms with Gasteiger partial charge in [0.1, 0.15) is 27.2 Å². The monoisotopic (exact) mass is 525 g/mol. The van der Waals surface area contributed by atoms with Gasteiger partial charge in [0.05, 0.1) is 16.7 Å². The summed E-state index contributed by atoms with van der Waals surface area (Å²) in [7, 11) is -5.37. The van der Waals surface area contributed by atoms with Gasteiger partial charge in [-0.1, -0.05) is 13.3 Å². The smallest absolute Gasteiger partial charge is 0.255 e. The molecule has 190 valence electrons. The topological polar surface area (TPSA) is 135 Å². The van der Waals surface area contributed by atoms with Crippen molar-refractivity contribution in [2.24, 2.45) is 0 Å². The van der Waals surface area contributed by atoms with E-state index in [2.05, 4.69) is 15.0 Å². The molecule has 35 heavy (non-hydrogen) atoms. The maximum Gasteiger partial charge on any atom is 0.255 e. The van der Waals surface area contributed by atoms with Crippen LogP contribution < -0.4 is 10.0 Å². The Morgan fingerprint density at radius 3 is 2.31 bits per heavy atom. The number of aromatic nitrogens is 1. The second-order valence-corrected chi connectivity index (χ2v) is 12.3. The molecule has 0 fully saturated rings. The van der Waals surface area contributed by atoms with Crippen molar-refractivity contribution in [2.45, 2.75) is 32.6 Å². The minimum atomic E-state index is -3.76. The van der Waals surface area contributed by atoms with Crippen LogP contribution in [0.2, 0.25) is 0 Å². The molecule has 0 spiro atoms. The van der Waals surface area contributed by atoms with Crippen molar-refractivity contribution in [3.63, 3.8) is 0 Å². The van der Waals surface area contributed by atoms with Gasteiger partial charge in [-0.2, -0.15) is 4.98 Å². The minimum Gasteiger partial charge on any atom is -0.437 e. The Hall–Kier alpha value is -2.99. The normalized spacial score (nSPS) is 12.1. The first-order valence-corrected chi connectivity index (χ1v) is 14.8. The third-order valence-electron chi connectivity index (χ3n) is 5.38. The summed E-state index contributed by atoms with van der Waals surface area (Å²) in [5.41, 5.74) is 1.31. The molecule has 9 nitrogen and oxygen atoms in total. The van der Waals surface area contributed by atoms with Crippen LogP contribution in [0.1, 0.15) is 42.1 Å². The van der Waals surface area contributed by atoms with Gasteiger partial charge < -0.3 is 9.73 Å². The van der Waals surface area contributed by atoms with Gasteiger partial charge in [0.2, 0.25) is 15.7 Å². The van der Waals surface area contributed by atoms with Crippen LogP contribution in [0.25, 0.3) is 22.4 Å². The fourth-order valence-electron chi connectivity index (χ4n) is 3.61. The lowest BCUT2D eigenvalue weighted by molar-refractivity contribution is 0.0964. The molecule has 0 unspecified atom stereocenters. The molecule has 3 rings (SSSR count). The number of nitrogens with zero attached hydrogens (tertiary/aromatic N) is 1. The summed E-state index contributed by atoms with van der Waals surface area (Å²) >= 11 is 0. The van der Waals surface area contributed by atoms with Crippen molar-refractivity contribution >= 4 is 42.7 Å². The Kier molecular flexibility index (Phi) is 8.16. The van der Waals surface area contributed by atoms with Gasteiger partial charge in [-0.15, -0.1) is 0 Å². The SMILES string of the molecule is CCc1cc2c(C(=O)NC)c(-c3ccc(F)cc3)oc2nc1NS(=O)(=O)CCCCCS(C)(=O)=O. The van der Waals surface area contributed by atoms with Crippen molar-refractivity contribution < 1.29 is 30.4 Å². The predicted molar refractivity (Wildman–Crippen MR) is 133 cm³/mol. The van der Waals surface area contributed by atoms with Crippen LogP contribution in [0.15, 0.2) is 34.7 Å². The van der Waals surface area contributed by atoms with E-state index in [4.69, 9.17) is 4.42 Å². The number of aryl methyl sites for hydroxylation is 1. The third-order valence-corrected chi connectivity index (χ3v) is 7.74. The summed E-state index contributed by atoms with van der Waals surface area (Å²) in [6.07, 6.45) is 2.71. The number of rotatable bonds is 11. The molecule has 2 heterocycles. The zero-order chi connectivity index (χ0) is 25.8. The summed E-state index contributed by atoms with van der Waals surface area (Å²) in [5, 5.41) is 2.97. The first-order chi connectivity index (χ1) is 16.4. The zero-order valence-corrected chi connectivity index (χ0v) is 21.4. The number of furan rings is 1. The molecular formula is C23H28FN3O6S2. The number of benzene rings is 1. The van der Waals surface area contributed by atoms with Crippen molar-refractivity contribution in [3.8, 4) is 11.3 Å². The molecule has 0 saturated carbocycles. The summed E-state index contributed by atoms with van der Waals surface area (Å²) in [6, 6.07) is 7.11. The highest BCUT2D eigenvalue weighted by Gasteiger charge is 2.25. The number of pyridine rings is 1. The predicted octanol–water partition coefficient (Wildman–Crippen LogP) is 3.51. The van der Waals surface area contributed by atoms with Gasteiger partial charge in [0.25, 0.3) is 5.91 Å². The van der Waals surface area contributed by atoms with Crippen molar-refractivity contribution in [3.05, 3.63) is 47.3 Å². The van der Waals surface area contributed by atoms with E-state index in [1.807, 2.05) is 6.92 Å². The molecular weight excluding hydrogens is 497 g/mol. The second-order valence-electron chi connectivity index (χ2n) is 8.21. The first-order valence-electron chi connectivity index (χ1n) is 11.1. The first kappa shape index (κ1) is 26.6. The van der Waals surface area contributed by atoms with E-state index in [9.17, 15) is 26.0 Å². The van der Waals surface area contributed by atoms with E-state index < -0.39 is 31.6 Å². The Morgan fingerprint density at radius 1 is 1.06 bits per heavy atom. The fraction of sp³-hybridized carbons (Fsp3) is 0.391. The maximum absolute atomic E-state index is 13.4. The molecule has 1 amide bonds. The minimum absolute atomic E-state index is 0.0151. The number of nitrogens with one attached hydrogen (secondary N) is 2. The van der Waals surface area contributed by atoms with Crippen LogP contribution in [0.5, 0.6) is 0 Å². The van der Waals surface area contributed by atoms with Crippen LogP contribution in [0.3, 0.4) is 0 Å². The van der Waals surface area contributed by atoms with Crippen LogP contribution in [0, 0.1) is 5.82 Å². The number of carbonyl (C=O) groups excluding carboxylic acids is 1. The summed E-state index contributed by atoms with van der Waals surface area (Å²) < 4.78 is 69.5. The number of hydrogen-bond donors (Lipinski definition) is 2. The number of amides is 1. The molecule has 0 aliphatic rings. The van der Waals surface area contributed by atoms with Crippen molar-refractivity contribution in [1.82, 2.24) is 10.3 Å².